The van der Waals surface area contributed by atoms with Gasteiger partial charge in [-0.3, -0.25) is 4.79 Å². The van der Waals surface area contributed by atoms with Crippen LogP contribution in [0.25, 0.3) is 0 Å². The Morgan fingerprint density at radius 2 is 2.24 bits per heavy atom. The second-order valence-corrected chi connectivity index (χ2v) is 7.97. The van der Waals surface area contributed by atoms with Gasteiger partial charge in [-0.2, -0.15) is 0 Å². The number of carbonyl (C=O) groups excluding carboxylic acids is 2. The van der Waals surface area contributed by atoms with Crippen molar-refractivity contribution in [3.05, 3.63) is 0 Å². The molecular weight excluding hydrogens is 294 g/mol. The summed E-state index contributed by atoms with van der Waals surface area (Å²) in [5.41, 5.74) is 0. The molecule has 8 heteroatoms. The van der Waals surface area contributed by atoms with Gasteiger partial charge in [0.1, 0.15) is 0 Å². The quantitative estimate of drug-likeness (QED) is 0.713. The number of hydrogen-bond acceptors (Lipinski definition) is 4. The van der Waals surface area contributed by atoms with Gasteiger partial charge in [0, 0.05) is 39.1 Å². The lowest BCUT2D eigenvalue weighted by atomic mass is 10.2. The van der Waals surface area contributed by atoms with E-state index in [0.717, 1.165) is 13.0 Å². The van der Waals surface area contributed by atoms with Crippen LogP contribution in [-0.4, -0.2) is 74.4 Å². The van der Waals surface area contributed by atoms with Crippen LogP contribution in [0.2, 0.25) is 0 Å². The molecule has 0 bridgehead atoms. The predicted molar refractivity (Wildman–Crippen MR) is 78.7 cm³/mol. The monoisotopic (exact) mass is 317 g/mol. The van der Waals surface area contributed by atoms with E-state index in [-0.39, 0.29) is 29.5 Å². The Morgan fingerprint density at radius 3 is 2.81 bits per heavy atom. The zero-order valence-electron chi connectivity index (χ0n) is 12.4. The number of rotatable bonds is 5. The molecule has 1 atom stereocenters. The molecule has 21 heavy (non-hydrogen) atoms. The molecule has 1 N–H and O–H groups in total. The maximum Gasteiger partial charge on any atom is 0.317 e. The molecule has 2 saturated heterocycles. The third-order valence-corrected chi connectivity index (χ3v) is 5.88. The molecule has 2 aliphatic rings. The second kappa shape index (κ2) is 6.64. The fourth-order valence-corrected chi connectivity index (χ4v) is 4.55. The molecule has 0 aromatic heterocycles. The predicted octanol–water partition coefficient (Wildman–Crippen LogP) is -0.173. The van der Waals surface area contributed by atoms with Gasteiger partial charge in [0.25, 0.3) is 0 Å². The highest BCUT2D eigenvalue weighted by molar-refractivity contribution is 7.91. The van der Waals surface area contributed by atoms with Gasteiger partial charge in [-0.25, -0.2) is 13.2 Å². The van der Waals surface area contributed by atoms with Crippen LogP contribution in [0.5, 0.6) is 0 Å². The minimum Gasteiger partial charge on any atom is -0.343 e. The third-order valence-electron chi connectivity index (χ3n) is 4.13. The van der Waals surface area contributed by atoms with Crippen LogP contribution in [0.1, 0.15) is 25.7 Å². The maximum absolute atomic E-state index is 11.9. The van der Waals surface area contributed by atoms with Crippen molar-refractivity contribution in [2.45, 2.75) is 31.7 Å². The normalized spacial score (nSPS) is 24.3. The van der Waals surface area contributed by atoms with Crippen molar-refractivity contribution < 1.29 is 18.0 Å². The highest BCUT2D eigenvalue weighted by Crippen LogP contribution is 2.16. The summed E-state index contributed by atoms with van der Waals surface area (Å²) in [6, 6.07) is -0.472. The number of nitrogens with zero attached hydrogens (tertiary/aromatic N) is 2. The average Bonchev–Trinajstić information content (AvgIpc) is 2.99. The summed E-state index contributed by atoms with van der Waals surface area (Å²) in [7, 11) is -1.35. The van der Waals surface area contributed by atoms with Crippen molar-refractivity contribution in [1.82, 2.24) is 15.1 Å². The molecule has 2 fully saturated rings. The second-order valence-electron chi connectivity index (χ2n) is 5.74. The van der Waals surface area contributed by atoms with E-state index in [9.17, 15) is 18.0 Å². The van der Waals surface area contributed by atoms with E-state index >= 15 is 0 Å². The topological polar surface area (TPSA) is 86.8 Å². The minimum atomic E-state index is -2.98. The number of amides is 3. The number of hydrogen-bond donors (Lipinski definition) is 1. The van der Waals surface area contributed by atoms with E-state index in [1.165, 1.54) is 4.90 Å². The van der Waals surface area contributed by atoms with Gasteiger partial charge in [-0.15, -0.1) is 0 Å². The van der Waals surface area contributed by atoms with Crippen LogP contribution in [0.3, 0.4) is 0 Å². The van der Waals surface area contributed by atoms with Crippen LogP contribution in [0.15, 0.2) is 0 Å². The fraction of sp³-hybridized carbons (Fsp3) is 0.846. The number of nitrogens with one attached hydrogen (secondary N) is 1. The molecule has 0 radical (unpaired) electrons. The lowest BCUT2D eigenvalue weighted by molar-refractivity contribution is -0.127. The van der Waals surface area contributed by atoms with Gasteiger partial charge < -0.3 is 15.1 Å². The van der Waals surface area contributed by atoms with Crippen LogP contribution in [0, 0.1) is 0 Å². The first-order valence-corrected chi connectivity index (χ1v) is 9.20. The van der Waals surface area contributed by atoms with Gasteiger partial charge in [-0.1, -0.05) is 0 Å². The zero-order chi connectivity index (χ0) is 15.5. The molecular formula is C13H23N3O4S. The summed E-state index contributed by atoms with van der Waals surface area (Å²) >= 11 is 0. The van der Waals surface area contributed by atoms with E-state index in [2.05, 4.69) is 5.32 Å². The van der Waals surface area contributed by atoms with Crippen molar-refractivity contribution >= 4 is 21.8 Å². The van der Waals surface area contributed by atoms with Crippen LogP contribution < -0.4 is 5.32 Å². The molecule has 0 unspecified atom stereocenters. The average molecular weight is 317 g/mol. The molecule has 2 rings (SSSR count). The Balaban J connectivity index is 1.66. The lowest BCUT2D eigenvalue weighted by Crippen LogP contribution is -2.44. The summed E-state index contributed by atoms with van der Waals surface area (Å²) in [4.78, 5) is 26.7. The first kappa shape index (κ1) is 16.1. The molecule has 0 saturated carbocycles. The van der Waals surface area contributed by atoms with Gasteiger partial charge in [-0.05, 0) is 19.3 Å². The Kier molecular flexibility index (Phi) is 5.08. The maximum atomic E-state index is 11.9. The zero-order valence-corrected chi connectivity index (χ0v) is 13.2. The van der Waals surface area contributed by atoms with Crippen molar-refractivity contribution in [2.75, 3.05) is 38.2 Å². The highest BCUT2D eigenvalue weighted by Gasteiger charge is 2.32. The Labute approximate surface area is 125 Å². The molecule has 2 heterocycles. The molecule has 0 aromatic rings. The Morgan fingerprint density at radius 1 is 1.48 bits per heavy atom. The van der Waals surface area contributed by atoms with E-state index in [1.54, 1.807) is 7.05 Å². The van der Waals surface area contributed by atoms with Crippen molar-refractivity contribution in [2.24, 2.45) is 0 Å². The summed E-state index contributed by atoms with van der Waals surface area (Å²) in [5, 5.41) is 2.78. The van der Waals surface area contributed by atoms with Gasteiger partial charge >= 0.3 is 6.03 Å². The number of likely N-dealkylation sites (tertiary alicyclic amines) is 1. The standard InChI is InChI=1S/C13H23N3O4S/c1-15(11-5-9-21(19,20)10-11)13(18)14-6-3-8-16-7-2-4-12(16)17/h11H,2-10H2,1H3,(H,14,18)/t11-/m1/s1. The molecule has 2 aliphatic heterocycles. The Bertz CT molecular complexity index is 506. The molecule has 0 spiro atoms. The first-order valence-electron chi connectivity index (χ1n) is 7.38. The van der Waals surface area contributed by atoms with Crippen molar-refractivity contribution in [3.63, 3.8) is 0 Å². The smallest absolute Gasteiger partial charge is 0.317 e. The van der Waals surface area contributed by atoms with Gasteiger partial charge in [0.15, 0.2) is 9.84 Å². The number of sulfone groups is 1. The number of carbonyl (C=O) groups is 2. The SMILES string of the molecule is CN(C(=O)NCCCN1CCCC1=O)[C@@H]1CCS(=O)(=O)C1. The summed E-state index contributed by atoms with van der Waals surface area (Å²) < 4.78 is 22.8. The van der Waals surface area contributed by atoms with Crippen molar-refractivity contribution in [3.8, 4) is 0 Å². The Hall–Kier alpha value is -1.31. The summed E-state index contributed by atoms with van der Waals surface area (Å²) in [5.74, 6) is 0.403. The number of urea groups is 1. The minimum absolute atomic E-state index is 0.0548. The molecule has 7 nitrogen and oxygen atoms in total. The van der Waals surface area contributed by atoms with E-state index in [0.29, 0.717) is 32.4 Å². The van der Waals surface area contributed by atoms with E-state index < -0.39 is 9.84 Å². The van der Waals surface area contributed by atoms with E-state index in [1.807, 2.05) is 4.90 Å². The molecule has 0 aromatic carbocycles. The van der Waals surface area contributed by atoms with Gasteiger partial charge in [0.2, 0.25) is 5.91 Å². The molecule has 0 aliphatic carbocycles. The highest BCUT2D eigenvalue weighted by atomic mass is 32.2. The molecule has 120 valence electrons. The first-order chi connectivity index (χ1) is 9.89. The van der Waals surface area contributed by atoms with Crippen molar-refractivity contribution in [1.29, 1.82) is 0 Å². The van der Waals surface area contributed by atoms with Crippen LogP contribution in [0.4, 0.5) is 4.79 Å². The van der Waals surface area contributed by atoms with E-state index in [4.69, 9.17) is 0 Å². The lowest BCUT2D eigenvalue weighted by Gasteiger charge is -2.24. The van der Waals surface area contributed by atoms with Crippen LogP contribution >= 0.6 is 0 Å². The van der Waals surface area contributed by atoms with Crippen LogP contribution in [-0.2, 0) is 14.6 Å². The molecule has 3 amide bonds. The summed E-state index contributed by atoms with van der Waals surface area (Å²) in [6.07, 6.45) is 2.78. The van der Waals surface area contributed by atoms with Gasteiger partial charge in [0.05, 0.1) is 11.5 Å². The largest absolute Gasteiger partial charge is 0.343 e. The summed E-state index contributed by atoms with van der Waals surface area (Å²) in [6.45, 7) is 1.97. The fourth-order valence-electron chi connectivity index (χ4n) is 2.78. The third kappa shape index (κ3) is 4.33.